The molecule has 4 N–H and O–H groups in total. The fourth-order valence-electron chi connectivity index (χ4n) is 3.66. The maximum atomic E-state index is 11.8. The lowest BCUT2D eigenvalue weighted by Gasteiger charge is -2.10. The van der Waals surface area contributed by atoms with Crippen molar-refractivity contribution in [3.05, 3.63) is 72.4 Å². The average Bonchev–Trinajstić information content (AvgIpc) is 3.47. The quantitative estimate of drug-likeness (QED) is 0.324. The number of amides is 1. The Bertz CT molecular complexity index is 1600. The second-order valence-electron chi connectivity index (χ2n) is 7.81. The summed E-state index contributed by atoms with van der Waals surface area (Å²) in [5.74, 6) is -2.62. The van der Waals surface area contributed by atoms with E-state index in [2.05, 4.69) is 20.2 Å². The normalized spacial score (nSPS) is 11.2. The van der Waals surface area contributed by atoms with Gasteiger partial charge in [0.15, 0.2) is 5.65 Å². The van der Waals surface area contributed by atoms with Gasteiger partial charge in [-0.05, 0) is 29.8 Å². The van der Waals surface area contributed by atoms with E-state index in [0.29, 0.717) is 12.3 Å². The van der Waals surface area contributed by atoms with E-state index in [1.54, 1.807) is 24.7 Å². The van der Waals surface area contributed by atoms with Crippen LogP contribution < -0.4 is 10.5 Å². The largest absolute Gasteiger partial charge is 0.490 e. The smallest absolute Gasteiger partial charge is 0.488 e. The Morgan fingerprint density at radius 3 is 2.57 bits per heavy atom. The van der Waals surface area contributed by atoms with Crippen LogP contribution in [0.3, 0.4) is 0 Å². The molecule has 0 atom stereocenters. The van der Waals surface area contributed by atoms with E-state index in [1.165, 1.54) is 0 Å². The molecule has 0 unspecified atom stereocenters. The molecule has 0 aliphatic rings. The summed E-state index contributed by atoms with van der Waals surface area (Å²) in [4.78, 5) is 29.1. The van der Waals surface area contributed by atoms with E-state index >= 15 is 0 Å². The fourth-order valence-corrected chi connectivity index (χ4v) is 3.66. The van der Waals surface area contributed by atoms with Gasteiger partial charge in [0.1, 0.15) is 18.1 Å². The third-order valence-electron chi connectivity index (χ3n) is 5.30. The number of benzene rings is 1. The highest BCUT2D eigenvalue weighted by Gasteiger charge is 2.38. The van der Waals surface area contributed by atoms with Crippen LogP contribution in [0.1, 0.15) is 16.1 Å². The van der Waals surface area contributed by atoms with Crippen LogP contribution in [0, 0.1) is 0 Å². The van der Waals surface area contributed by atoms with Crippen LogP contribution in [0.4, 0.5) is 13.2 Å². The molecule has 0 spiro atoms. The minimum absolute atomic E-state index is 0.174. The van der Waals surface area contributed by atoms with Crippen LogP contribution in [0.25, 0.3) is 33.1 Å². The summed E-state index contributed by atoms with van der Waals surface area (Å²) in [6.45, 7) is 0.394. The summed E-state index contributed by atoms with van der Waals surface area (Å²) in [6.07, 6.45) is 2.13. The number of hydrogen-bond donors (Lipinski definition) is 3. The fraction of sp³-hybridized carbons (Fsp3) is 0.125. The molecule has 10 nitrogen and oxygen atoms in total. The monoisotopic (exact) mass is 512 g/mol. The number of carboxylic acids is 1. The molecule has 0 saturated heterocycles. The number of alkyl halides is 3. The number of aromatic nitrogens is 5. The van der Waals surface area contributed by atoms with Crippen LogP contribution in [0.5, 0.6) is 5.75 Å². The molecule has 13 heteroatoms. The van der Waals surface area contributed by atoms with Gasteiger partial charge in [-0.1, -0.05) is 12.1 Å². The molecule has 0 radical (unpaired) electrons. The Labute approximate surface area is 206 Å². The number of nitrogens with one attached hydrogen (secondary N) is 1. The number of carbonyl (C=O) groups excluding carboxylic acids is 1. The molecule has 4 aromatic heterocycles. The van der Waals surface area contributed by atoms with Crippen LogP contribution in [-0.2, 0) is 18.4 Å². The first kappa shape index (κ1) is 25.2. The van der Waals surface area contributed by atoms with Crippen molar-refractivity contribution in [2.45, 2.75) is 12.8 Å². The Balaban J connectivity index is 0.000000405. The number of halogens is 3. The number of rotatable bonds is 5. The number of nitrogens with two attached hydrogens (primary N) is 1. The van der Waals surface area contributed by atoms with Gasteiger partial charge in [0, 0.05) is 47.5 Å². The third-order valence-corrected chi connectivity index (χ3v) is 5.30. The lowest BCUT2D eigenvalue weighted by Crippen LogP contribution is -2.21. The molecular formula is C24H19F3N6O4. The van der Waals surface area contributed by atoms with Gasteiger partial charge >= 0.3 is 12.1 Å². The number of nitrogens with zero attached hydrogens (tertiary/aromatic N) is 4. The average molecular weight is 512 g/mol. The first-order valence-corrected chi connectivity index (χ1v) is 10.6. The lowest BCUT2D eigenvalue weighted by atomic mass is 10.0. The molecule has 5 aromatic rings. The zero-order chi connectivity index (χ0) is 26.7. The molecule has 0 aliphatic carbocycles. The van der Waals surface area contributed by atoms with Crippen molar-refractivity contribution in [2.75, 3.05) is 0 Å². The van der Waals surface area contributed by atoms with Crippen molar-refractivity contribution >= 4 is 33.8 Å². The van der Waals surface area contributed by atoms with Crippen molar-refractivity contribution < 1.29 is 32.6 Å². The highest BCUT2D eigenvalue weighted by Crippen LogP contribution is 2.39. The Hall–Kier alpha value is -4.94. The number of aromatic amines is 1. The predicted molar refractivity (Wildman–Crippen MR) is 127 cm³/mol. The molecule has 4 heterocycles. The van der Waals surface area contributed by atoms with Gasteiger partial charge in [-0.25, -0.2) is 9.78 Å². The number of pyridine rings is 2. The van der Waals surface area contributed by atoms with Gasteiger partial charge < -0.3 is 20.1 Å². The predicted octanol–water partition coefficient (Wildman–Crippen LogP) is 3.82. The second-order valence-corrected chi connectivity index (χ2v) is 7.81. The van der Waals surface area contributed by atoms with E-state index in [4.69, 9.17) is 20.4 Å². The first-order chi connectivity index (χ1) is 17.6. The van der Waals surface area contributed by atoms with Crippen molar-refractivity contribution in [3.8, 4) is 16.9 Å². The molecule has 190 valence electrons. The number of carbonyl (C=O) groups is 2. The SMILES string of the molecule is Cn1cc(-c2cc(C(N)=O)nc3[nH]ncc23)c2c(OCc3cccnc3)cccc21.O=C(O)C(F)(F)F. The zero-order valence-corrected chi connectivity index (χ0v) is 19.2. The number of aryl methyl sites for hydroxylation is 1. The van der Waals surface area contributed by atoms with Crippen LogP contribution in [0.2, 0.25) is 0 Å². The van der Waals surface area contributed by atoms with Crippen molar-refractivity contribution in [1.82, 2.24) is 24.7 Å². The molecular weight excluding hydrogens is 493 g/mol. The summed E-state index contributed by atoms with van der Waals surface area (Å²) < 4.78 is 39.9. The molecule has 1 amide bonds. The van der Waals surface area contributed by atoms with Crippen molar-refractivity contribution in [3.63, 3.8) is 0 Å². The third kappa shape index (κ3) is 5.34. The minimum atomic E-state index is -5.08. The number of primary amides is 1. The van der Waals surface area contributed by atoms with Gasteiger partial charge in [0.25, 0.3) is 5.91 Å². The van der Waals surface area contributed by atoms with Gasteiger partial charge in [0.2, 0.25) is 0 Å². The van der Waals surface area contributed by atoms with Crippen LogP contribution in [-0.4, -0.2) is 47.9 Å². The molecule has 0 fully saturated rings. The number of aliphatic carboxylic acids is 1. The highest BCUT2D eigenvalue weighted by molar-refractivity contribution is 6.08. The number of ether oxygens (including phenoxy) is 1. The summed E-state index contributed by atoms with van der Waals surface area (Å²) in [5, 5.41) is 15.8. The van der Waals surface area contributed by atoms with E-state index < -0.39 is 18.1 Å². The summed E-state index contributed by atoms with van der Waals surface area (Å²) in [7, 11) is 1.97. The summed E-state index contributed by atoms with van der Waals surface area (Å²) in [5.41, 5.74) is 9.89. The molecule has 0 aliphatic heterocycles. The maximum Gasteiger partial charge on any atom is 0.490 e. The number of carboxylic acid groups (broad SMARTS) is 1. The van der Waals surface area contributed by atoms with E-state index in [-0.39, 0.29) is 5.69 Å². The Morgan fingerprint density at radius 2 is 1.92 bits per heavy atom. The highest BCUT2D eigenvalue weighted by atomic mass is 19.4. The van der Waals surface area contributed by atoms with Crippen LogP contribution >= 0.6 is 0 Å². The molecule has 0 saturated carbocycles. The van der Waals surface area contributed by atoms with Crippen molar-refractivity contribution in [2.24, 2.45) is 12.8 Å². The Morgan fingerprint density at radius 1 is 1.16 bits per heavy atom. The number of hydrogen-bond acceptors (Lipinski definition) is 6. The summed E-state index contributed by atoms with van der Waals surface area (Å²) in [6, 6.07) is 11.5. The second kappa shape index (κ2) is 9.97. The number of fused-ring (bicyclic) bond motifs is 2. The lowest BCUT2D eigenvalue weighted by molar-refractivity contribution is -0.192. The summed E-state index contributed by atoms with van der Waals surface area (Å²) >= 11 is 0. The molecule has 1 aromatic carbocycles. The maximum absolute atomic E-state index is 11.8. The van der Waals surface area contributed by atoms with E-state index in [0.717, 1.165) is 38.7 Å². The van der Waals surface area contributed by atoms with E-state index in [1.807, 2.05) is 48.1 Å². The minimum Gasteiger partial charge on any atom is -0.488 e. The Kier molecular flexibility index (Phi) is 6.78. The zero-order valence-electron chi connectivity index (χ0n) is 19.2. The molecule has 37 heavy (non-hydrogen) atoms. The van der Waals surface area contributed by atoms with Crippen molar-refractivity contribution in [1.29, 1.82) is 0 Å². The van der Waals surface area contributed by atoms with Gasteiger partial charge in [0.05, 0.1) is 11.7 Å². The molecule has 5 rings (SSSR count). The standard InChI is InChI=1S/C22H18N6O2.C2HF3O2/c1-28-11-16(14-8-17(21(23)29)26-22-15(14)10-25-27-22)20-18(28)5-2-6-19(20)30-12-13-4-3-7-24-9-13;3-2(4,5)1(6)7/h2-11H,12H2,1H3,(H2,23,29)(H,25,26,27);(H,6,7). The van der Waals surface area contributed by atoms with E-state index in [9.17, 15) is 18.0 Å². The topological polar surface area (TPSA) is 149 Å². The molecule has 0 bridgehead atoms. The van der Waals surface area contributed by atoms with Gasteiger partial charge in [-0.3, -0.25) is 14.9 Å². The van der Waals surface area contributed by atoms with Gasteiger partial charge in [-0.15, -0.1) is 0 Å². The first-order valence-electron chi connectivity index (χ1n) is 10.6. The number of H-pyrrole nitrogens is 1. The van der Waals surface area contributed by atoms with Gasteiger partial charge in [-0.2, -0.15) is 18.3 Å². The van der Waals surface area contributed by atoms with Crippen LogP contribution in [0.15, 0.2) is 61.2 Å².